The summed E-state index contributed by atoms with van der Waals surface area (Å²) in [6.07, 6.45) is 0.364. The minimum atomic E-state index is -0.477. The summed E-state index contributed by atoms with van der Waals surface area (Å²) in [5, 5.41) is 10.8. The van der Waals surface area contributed by atoms with E-state index in [1.807, 2.05) is 35.2 Å². The summed E-state index contributed by atoms with van der Waals surface area (Å²) in [4.78, 5) is 24.4. The number of non-ortho nitro benzene ring substituents is 1. The van der Waals surface area contributed by atoms with Gasteiger partial charge in [-0.15, -0.1) is 0 Å². The first-order valence-electron chi connectivity index (χ1n) is 6.31. The van der Waals surface area contributed by atoms with E-state index in [-0.39, 0.29) is 11.5 Å². The summed E-state index contributed by atoms with van der Waals surface area (Å²) < 4.78 is 0. The first kappa shape index (κ1) is 12.3. The third-order valence-corrected chi connectivity index (χ3v) is 3.41. The number of fused-ring (bicyclic) bond motifs is 1. The van der Waals surface area contributed by atoms with E-state index >= 15 is 0 Å². The van der Waals surface area contributed by atoms with Gasteiger partial charge in [0.05, 0.1) is 10.6 Å². The van der Waals surface area contributed by atoms with Gasteiger partial charge in [0, 0.05) is 36.3 Å². The van der Waals surface area contributed by atoms with Gasteiger partial charge in [0.15, 0.2) is 5.78 Å². The van der Waals surface area contributed by atoms with Gasteiger partial charge in [-0.25, -0.2) is 0 Å². The zero-order valence-electron chi connectivity index (χ0n) is 10.7. The molecule has 0 spiro atoms. The molecule has 0 aromatic heterocycles. The highest BCUT2D eigenvalue weighted by Crippen LogP contribution is 2.35. The summed E-state index contributed by atoms with van der Waals surface area (Å²) in [7, 11) is 0. The maximum atomic E-state index is 12.0. The fraction of sp³-hybridized carbons (Fsp3) is 0.133. The standard InChI is InChI=1S/C15H12N2O3/c18-15-8-9-16(11-4-2-1-3-5-11)14-7-6-12(17(19)20)10-13(14)15/h1-7,10H,8-9H2. The van der Waals surface area contributed by atoms with E-state index in [9.17, 15) is 14.9 Å². The number of carbonyl (C=O) groups is 1. The lowest BCUT2D eigenvalue weighted by Gasteiger charge is -2.30. The first-order chi connectivity index (χ1) is 9.66. The topological polar surface area (TPSA) is 63.5 Å². The molecule has 0 aliphatic carbocycles. The second-order valence-corrected chi connectivity index (χ2v) is 4.62. The van der Waals surface area contributed by atoms with Crippen molar-refractivity contribution in [1.29, 1.82) is 0 Å². The van der Waals surface area contributed by atoms with Crippen LogP contribution >= 0.6 is 0 Å². The maximum Gasteiger partial charge on any atom is 0.270 e. The Morgan fingerprint density at radius 1 is 1.10 bits per heavy atom. The fourth-order valence-corrected chi connectivity index (χ4v) is 2.44. The Morgan fingerprint density at radius 2 is 1.85 bits per heavy atom. The molecular weight excluding hydrogens is 256 g/mol. The molecule has 1 heterocycles. The van der Waals surface area contributed by atoms with E-state index in [1.165, 1.54) is 12.1 Å². The van der Waals surface area contributed by atoms with Gasteiger partial charge < -0.3 is 4.90 Å². The van der Waals surface area contributed by atoms with Gasteiger partial charge >= 0.3 is 0 Å². The van der Waals surface area contributed by atoms with Gasteiger partial charge in [0.25, 0.3) is 5.69 Å². The van der Waals surface area contributed by atoms with E-state index < -0.39 is 4.92 Å². The van der Waals surface area contributed by atoms with Crippen LogP contribution in [0.1, 0.15) is 16.8 Å². The minimum absolute atomic E-state index is 0.0455. The van der Waals surface area contributed by atoms with Gasteiger partial charge in [0.1, 0.15) is 0 Å². The van der Waals surface area contributed by atoms with E-state index in [2.05, 4.69) is 0 Å². The number of nitrogens with zero attached hydrogens (tertiary/aromatic N) is 2. The van der Waals surface area contributed by atoms with Crippen LogP contribution in [0.15, 0.2) is 48.5 Å². The fourth-order valence-electron chi connectivity index (χ4n) is 2.44. The Labute approximate surface area is 115 Å². The summed E-state index contributed by atoms with van der Waals surface area (Å²) in [6.45, 7) is 0.591. The van der Waals surface area contributed by atoms with Crippen molar-refractivity contribution in [2.45, 2.75) is 6.42 Å². The van der Waals surface area contributed by atoms with Crippen molar-refractivity contribution in [3.05, 3.63) is 64.2 Å². The number of ketones is 1. The van der Waals surface area contributed by atoms with Gasteiger partial charge in [-0.05, 0) is 18.2 Å². The monoisotopic (exact) mass is 268 g/mol. The van der Waals surface area contributed by atoms with Crippen LogP contribution < -0.4 is 4.90 Å². The molecule has 1 aliphatic heterocycles. The highest BCUT2D eigenvalue weighted by Gasteiger charge is 2.26. The number of benzene rings is 2. The SMILES string of the molecule is O=C1CCN(c2ccccc2)c2ccc([N+](=O)[O-])cc21. The van der Waals surface area contributed by atoms with Gasteiger partial charge in [-0.1, -0.05) is 18.2 Å². The van der Waals surface area contributed by atoms with Gasteiger partial charge in [-0.3, -0.25) is 14.9 Å². The zero-order valence-corrected chi connectivity index (χ0v) is 10.7. The van der Waals surface area contributed by atoms with Crippen molar-refractivity contribution >= 4 is 22.8 Å². The summed E-state index contributed by atoms with van der Waals surface area (Å²) in [6, 6.07) is 14.2. The van der Waals surface area contributed by atoms with E-state index in [4.69, 9.17) is 0 Å². The number of nitro groups is 1. The van der Waals surface area contributed by atoms with Crippen LogP contribution in [0.4, 0.5) is 17.1 Å². The van der Waals surface area contributed by atoms with Crippen LogP contribution in [0.3, 0.4) is 0 Å². The minimum Gasteiger partial charge on any atom is -0.340 e. The third-order valence-electron chi connectivity index (χ3n) is 3.41. The summed E-state index contributed by atoms with van der Waals surface area (Å²) in [5.41, 5.74) is 2.09. The average Bonchev–Trinajstić information content (AvgIpc) is 2.48. The normalized spacial score (nSPS) is 14.0. The van der Waals surface area contributed by atoms with Gasteiger partial charge in [0.2, 0.25) is 0 Å². The Kier molecular flexibility index (Phi) is 2.95. The number of hydrogen-bond donors (Lipinski definition) is 0. The van der Waals surface area contributed by atoms with E-state index in [0.29, 0.717) is 18.5 Å². The molecule has 0 saturated carbocycles. The number of carbonyl (C=O) groups excluding carboxylic acids is 1. The number of rotatable bonds is 2. The molecule has 0 atom stereocenters. The average molecular weight is 268 g/mol. The van der Waals surface area contributed by atoms with Crippen molar-refractivity contribution in [1.82, 2.24) is 0 Å². The lowest BCUT2D eigenvalue weighted by Crippen LogP contribution is -2.28. The second-order valence-electron chi connectivity index (χ2n) is 4.62. The van der Waals surface area contributed by atoms with Crippen LogP contribution in [0, 0.1) is 10.1 Å². The Bertz CT molecular complexity index is 683. The molecule has 0 radical (unpaired) electrons. The van der Waals surface area contributed by atoms with Crippen molar-refractivity contribution in [3.63, 3.8) is 0 Å². The summed E-state index contributed by atoms with van der Waals surface area (Å²) >= 11 is 0. The molecule has 20 heavy (non-hydrogen) atoms. The van der Waals surface area contributed by atoms with Crippen molar-refractivity contribution in [2.75, 3.05) is 11.4 Å². The van der Waals surface area contributed by atoms with E-state index in [1.54, 1.807) is 6.07 Å². The third kappa shape index (κ3) is 2.03. The molecule has 1 aliphatic rings. The number of anilines is 2. The molecule has 100 valence electrons. The Hall–Kier alpha value is -2.69. The first-order valence-corrected chi connectivity index (χ1v) is 6.31. The molecule has 3 rings (SSSR count). The summed E-state index contributed by atoms with van der Waals surface area (Å²) in [5.74, 6) is -0.0455. The Morgan fingerprint density at radius 3 is 2.55 bits per heavy atom. The largest absolute Gasteiger partial charge is 0.340 e. The smallest absolute Gasteiger partial charge is 0.270 e. The number of nitro benzene ring substituents is 1. The lowest BCUT2D eigenvalue weighted by molar-refractivity contribution is -0.384. The van der Waals surface area contributed by atoms with Crippen LogP contribution in [-0.2, 0) is 0 Å². The number of para-hydroxylation sites is 1. The molecule has 2 aromatic carbocycles. The molecule has 0 unspecified atom stereocenters. The lowest BCUT2D eigenvalue weighted by atomic mass is 9.99. The van der Waals surface area contributed by atoms with E-state index in [0.717, 1.165) is 11.4 Å². The van der Waals surface area contributed by atoms with Crippen LogP contribution in [0.25, 0.3) is 0 Å². The molecule has 5 heteroatoms. The quantitative estimate of drug-likeness (QED) is 0.619. The van der Waals surface area contributed by atoms with Crippen molar-refractivity contribution in [3.8, 4) is 0 Å². The molecule has 0 amide bonds. The number of Topliss-reactive ketones (excluding diaryl/α,β-unsaturated/α-hetero) is 1. The maximum absolute atomic E-state index is 12.0. The molecule has 0 N–H and O–H groups in total. The zero-order chi connectivity index (χ0) is 14.1. The van der Waals surface area contributed by atoms with Crippen molar-refractivity contribution in [2.24, 2.45) is 0 Å². The Balaban J connectivity index is 2.10. The van der Waals surface area contributed by atoms with Crippen LogP contribution in [0.2, 0.25) is 0 Å². The molecule has 5 nitrogen and oxygen atoms in total. The second kappa shape index (κ2) is 4.77. The predicted molar refractivity (Wildman–Crippen MR) is 75.5 cm³/mol. The highest BCUT2D eigenvalue weighted by atomic mass is 16.6. The highest BCUT2D eigenvalue weighted by molar-refractivity contribution is 6.05. The molecule has 0 bridgehead atoms. The van der Waals surface area contributed by atoms with Crippen LogP contribution in [0.5, 0.6) is 0 Å². The molecule has 2 aromatic rings. The van der Waals surface area contributed by atoms with Crippen LogP contribution in [-0.4, -0.2) is 17.3 Å². The predicted octanol–water partition coefficient (Wildman–Crippen LogP) is 3.32. The molecule has 0 fully saturated rings. The van der Waals surface area contributed by atoms with Gasteiger partial charge in [-0.2, -0.15) is 0 Å². The molecular formula is C15H12N2O3. The number of hydrogen-bond acceptors (Lipinski definition) is 4. The molecule has 0 saturated heterocycles. The van der Waals surface area contributed by atoms with Crippen molar-refractivity contribution < 1.29 is 9.72 Å².